The molecule has 0 bridgehead atoms. The van der Waals surface area contributed by atoms with Gasteiger partial charge in [0.1, 0.15) is 128 Å². The van der Waals surface area contributed by atoms with Gasteiger partial charge in [-0.25, -0.2) is 0 Å². The first-order valence-corrected chi connectivity index (χ1v) is 33.6. The Bertz CT molecular complexity index is 2670. The lowest BCUT2D eigenvalue weighted by Crippen LogP contribution is -2.67. The molecule has 0 radical (unpaired) electrons. The van der Waals surface area contributed by atoms with Crippen LogP contribution in [-0.2, 0) is 61.6 Å². The minimum atomic E-state index is -1.93. The van der Waals surface area contributed by atoms with Crippen LogP contribution in [0, 0.1) is 50.2 Å². The summed E-state index contributed by atoms with van der Waals surface area (Å²) in [6.45, 7) is 13.6. The number of rotatable bonds is 15. The fraction of sp³-hybridized carbons (Fsp3) is 0.953. The van der Waals surface area contributed by atoms with E-state index in [1.54, 1.807) is 0 Å². The molecule has 4 saturated carbocycles. The van der Waals surface area contributed by atoms with Crippen molar-refractivity contribution in [3.8, 4) is 0 Å². The van der Waals surface area contributed by atoms with E-state index >= 15 is 4.79 Å². The third-order valence-corrected chi connectivity index (χ3v) is 25.0. The van der Waals surface area contributed by atoms with E-state index in [2.05, 4.69) is 40.7 Å². The summed E-state index contributed by atoms with van der Waals surface area (Å²) in [6.07, 6.45) is -40.6. The molecular formula is C64H104O31. The first-order chi connectivity index (χ1) is 44.5. The Morgan fingerprint density at radius 2 is 1.06 bits per heavy atom. The lowest BCUT2D eigenvalue weighted by molar-refractivity contribution is -0.382. The van der Waals surface area contributed by atoms with Gasteiger partial charge in [-0.05, 0) is 104 Å². The summed E-state index contributed by atoms with van der Waals surface area (Å²) >= 11 is 0. The summed E-state index contributed by atoms with van der Waals surface area (Å²) < 4.78 is 71.1. The maximum Gasteiger partial charge on any atom is 0.315 e. The molecule has 95 heavy (non-hydrogen) atoms. The first kappa shape index (κ1) is 74.2. The van der Waals surface area contributed by atoms with Crippen LogP contribution in [0.4, 0.5) is 0 Å². The van der Waals surface area contributed by atoms with Crippen LogP contribution in [0.15, 0.2) is 11.6 Å². The zero-order valence-corrected chi connectivity index (χ0v) is 54.9. The molecule has 18 N–H and O–H groups in total. The van der Waals surface area contributed by atoms with Crippen LogP contribution in [0.25, 0.3) is 0 Å². The molecule has 0 aromatic rings. The zero-order chi connectivity index (χ0) is 69.3. The molecule has 0 amide bonds. The Morgan fingerprint density at radius 3 is 1.72 bits per heavy atom. The van der Waals surface area contributed by atoms with Crippen molar-refractivity contribution < 1.29 is 154 Å². The van der Waals surface area contributed by atoms with Crippen LogP contribution in [0.1, 0.15) is 113 Å². The van der Waals surface area contributed by atoms with Gasteiger partial charge >= 0.3 is 5.97 Å². The summed E-state index contributed by atoms with van der Waals surface area (Å²) in [4.78, 5) is 15.2. The summed E-state index contributed by atoms with van der Waals surface area (Å²) in [5, 5.41) is 196. The number of aliphatic hydroxyl groups excluding tert-OH is 18. The fourth-order valence-corrected chi connectivity index (χ4v) is 18.7. The molecule has 0 aromatic heterocycles. The molecule has 11 rings (SSSR count). The lowest BCUT2D eigenvalue weighted by atomic mass is 9.33. The molecule has 0 spiro atoms. The summed E-state index contributed by atoms with van der Waals surface area (Å²) in [5.41, 5.74) is -2.83. The van der Waals surface area contributed by atoms with Gasteiger partial charge in [0, 0.05) is 5.92 Å². The topological polar surface area (TPSA) is 492 Å². The minimum absolute atomic E-state index is 0.0390. The number of carbonyl (C=O) groups excluding carboxylic acids is 1. The van der Waals surface area contributed by atoms with E-state index in [-0.39, 0.29) is 35.7 Å². The monoisotopic (exact) mass is 1370 g/mol. The molecule has 10 fully saturated rings. The van der Waals surface area contributed by atoms with Gasteiger partial charge in [-0.15, -0.1) is 0 Å². The number of hydrogen-bond acceptors (Lipinski definition) is 31. The number of hydrogen-bond donors (Lipinski definition) is 18. The van der Waals surface area contributed by atoms with E-state index < -0.39 is 244 Å². The van der Waals surface area contributed by atoms with Crippen molar-refractivity contribution in [3.05, 3.63) is 11.6 Å². The molecule has 6 aliphatic heterocycles. The van der Waals surface area contributed by atoms with E-state index in [0.29, 0.717) is 38.5 Å². The van der Waals surface area contributed by atoms with Crippen LogP contribution >= 0.6 is 0 Å². The largest absolute Gasteiger partial charge is 0.432 e. The van der Waals surface area contributed by atoms with Gasteiger partial charge in [-0.3, -0.25) is 4.79 Å². The standard InChI is InChI=1S/C64H104O31/c1-24-35(68)49(93-53-44(77)40(73)30(23-86-53)90-54-46(79)42(75)38(71)28(20-66)89-54)48(81)56(87-24)94-50-36(69)26(67)21-84-57(50)92-33-12-13-61(6)31(60(33,4)5)11-14-63(8)32(61)10-9-25-34-51(82)59(2,3)15-17-64(34,18-16-62(25,63)7)58(83)95-55-47(80)43(76)39(72)29(91-55)22-85-52-45(78)41(74)37(70)27(19-65)88-52/h9,24,26-57,65-82H,10-23H2,1-8H3/t24-,26-,27-,28-,29-,30-,31-,32-,33-,34+,35-,36+,37-,38-,39-,40+,41+,42+,43+,44-,45-,46-,47-,48-,49+,50-,51+,52-,53+,54+,55+,56+,57+,61-,62+,63+,64+/m0/s1. The van der Waals surface area contributed by atoms with Crippen molar-refractivity contribution in [1.29, 1.82) is 0 Å². The Labute approximate surface area is 550 Å². The summed E-state index contributed by atoms with van der Waals surface area (Å²) in [7, 11) is 0. The van der Waals surface area contributed by atoms with Crippen molar-refractivity contribution in [3.63, 3.8) is 0 Å². The molecular weight excluding hydrogens is 1260 g/mol. The fourth-order valence-electron chi connectivity index (χ4n) is 18.7. The van der Waals surface area contributed by atoms with E-state index in [4.69, 9.17) is 56.8 Å². The maximum atomic E-state index is 15.2. The van der Waals surface area contributed by atoms with Crippen LogP contribution in [-0.4, -0.2) is 315 Å². The normalized spacial score (nSPS) is 54.6. The quantitative estimate of drug-likeness (QED) is 0.0414. The first-order valence-electron chi connectivity index (χ1n) is 33.6. The van der Waals surface area contributed by atoms with Crippen LogP contribution in [0.3, 0.4) is 0 Å². The molecule has 31 nitrogen and oxygen atoms in total. The maximum absolute atomic E-state index is 15.2. The lowest BCUT2D eigenvalue weighted by Gasteiger charge is -2.71. The Kier molecular flexibility index (Phi) is 21.6. The van der Waals surface area contributed by atoms with Gasteiger partial charge in [-0.1, -0.05) is 60.1 Å². The van der Waals surface area contributed by atoms with E-state index in [1.807, 2.05) is 13.8 Å². The third-order valence-electron chi connectivity index (χ3n) is 25.0. The van der Waals surface area contributed by atoms with Crippen molar-refractivity contribution in [2.75, 3.05) is 33.0 Å². The van der Waals surface area contributed by atoms with Gasteiger partial charge in [0.25, 0.3) is 0 Å². The second-order valence-corrected chi connectivity index (χ2v) is 31.0. The van der Waals surface area contributed by atoms with Gasteiger partial charge in [0.15, 0.2) is 31.5 Å². The Morgan fingerprint density at radius 1 is 0.505 bits per heavy atom. The number of carbonyl (C=O) groups is 1. The predicted molar refractivity (Wildman–Crippen MR) is 316 cm³/mol. The van der Waals surface area contributed by atoms with Gasteiger partial charge < -0.3 is 149 Å². The van der Waals surface area contributed by atoms with Crippen molar-refractivity contribution in [2.24, 2.45) is 50.2 Å². The smallest absolute Gasteiger partial charge is 0.315 e. The van der Waals surface area contributed by atoms with Crippen molar-refractivity contribution >= 4 is 5.97 Å². The van der Waals surface area contributed by atoms with Crippen LogP contribution < -0.4 is 0 Å². The highest BCUT2D eigenvalue weighted by Gasteiger charge is 2.72. The van der Waals surface area contributed by atoms with Gasteiger partial charge in [0.05, 0.1) is 56.8 Å². The predicted octanol–water partition coefficient (Wildman–Crippen LogP) is -5.11. The molecule has 5 aliphatic carbocycles. The second kappa shape index (κ2) is 27.7. The number of esters is 1. The highest BCUT2D eigenvalue weighted by Crippen LogP contribution is 2.76. The zero-order valence-electron chi connectivity index (χ0n) is 54.9. The minimum Gasteiger partial charge on any atom is -0.432 e. The summed E-state index contributed by atoms with van der Waals surface area (Å²) in [5.74, 6) is -1.38. The van der Waals surface area contributed by atoms with E-state index in [9.17, 15) is 91.9 Å². The molecule has 6 heterocycles. The second-order valence-electron chi connectivity index (χ2n) is 31.0. The number of ether oxygens (including phenoxy) is 12. The molecule has 6 saturated heterocycles. The molecule has 0 unspecified atom stereocenters. The van der Waals surface area contributed by atoms with Crippen LogP contribution in [0.2, 0.25) is 0 Å². The third kappa shape index (κ3) is 12.6. The highest BCUT2D eigenvalue weighted by molar-refractivity contribution is 5.79. The molecule has 546 valence electrons. The molecule has 37 atom stereocenters. The Hall–Kier alpha value is -1.95. The Balaban J connectivity index is 0.764. The number of allylic oxidation sites excluding steroid dienone is 1. The average molecular weight is 1370 g/mol. The van der Waals surface area contributed by atoms with E-state index in [0.717, 1.165) is 18.4 Å². The molecule has 0 aromatic carbocycles. The number of aliphatic hydroxyl groups is 18. The van der Waals surface area contributed by atoms with Gasteiger partial charge in [0.2, 0.25) is 6.29 Å². The van der Waals surface area contributed by atoms with Crippen molar-refractivity contribution in [2.45, 2.75) is 297 Å². The van der Waals surface area contributed by atoms with E-state index in [1.165, 1.54) is 6.92 Å². The summed E-state index contributed by atoms with van der Waals surface area (Å²) in [6, 6.07) is 0. The molecule has 31 heteroatoms. The van der Waals surface area contributed by atoms with Crippen molar-refractivity contribution in [1.82, 2.24) is 0 Å². The molecule has 11 aliphatic rings. The number of fused-ring (bicyclic) bond motifs is 7. The van der Waals surface area contributed by atoms with Crippen LogP contribution in [0.5, 0.6) is 0 Å². The highest BCUT2D eigenvalue weighted by atomic mass is 16.8. The SMILES string of the molecule is C[C@@H]1O[C@H](O[C@@H]2[C@@H](O[C@H]3CC[C@@]4(C)[C@@H](CC[C@]5(C)[C@H]4CC=C4[C@@H]6[C@@H](O)C(C)(C)CC[C@@]6(C(=O)O[C@H]6O[C@@H](CO[C@H]7O[C@@H](CO)[C@H](O)[C@@H](O)[C@@H]7O)[C@H](O)[C@@H](O)[C@@H]6O)CC[C@]45C)C3(C)C)OC[C@H](O)[C@H]2O)[C@@H](O)[C@H](O[C@H]2OC[C@H](O[C@H]3O[C@@H](CO)[C@H](O)[C@@H](O)[C@@H]3O)[C@@H](O)[C@@H]2O)[C@H]1O. The average Bonchev–Trinajstić information content (AvgIpc) is 0.673. The van der Waals surface area contributed by atoms with Gasteiger partial charge in [-0.2, -0.15) is 0 Å².